The summed E-state index contributed by atoms with van der Waals surface area (Å²) in [6, 6.07) is 0. The second-order valence-corrected chi connectivity index (χ2v) is 3.78. The molecule has 1 heterocycles. The van der Waals surface area contributed by atoms with E-state index in [-0.39, 0.29) is 18.0 Å². The van der Waals surface area contributed by atoms with Crippen LogP contribution in [0.2, 0.25) is 0 Å². The number of ether oxygens (including phenoxy) is 1. The molecule has 2 atom stereocenters. The zero-order chi connectivity index (χ0) is 9.14. The van der Waals surface area contributed by atoms with Crippen molar-refractivity contribution >= 4 is 23.1 Å². The van der Waals surface area contributed by atoms with Crippen LogP contribution in [0.5, 0.6) is 0 Å². The van der Waals surface area contributed by atoms with E-state index in [2.05, 4.69) is 6.92 Å². The Hall–Kier alpha value is -0.440. The second-order valence-electron chi connectivity index (χ2n) is 3.25. The quantitative estimate of drug-likeness (QED) is 0.499. The Balaban J connectivity index is 2.52. The van der Waals surface area contributed by atoms with Crippen LogP contribution in [0.4, 0.5) is 0 Å². The van der Waals surface area contributed by atoms with Gasteiger partial charge in [0.15, 0.2) is 0 Å². The summed E-state index contributed by atoms with van der Waals surface area (Å²) in [6.07, 6.45) is 2.70. The molecule has 1 aliphatic heterocycles. The van der Waals surface area contributed by atoms with Gasteiger partial charge in [-0.05, 0) is 13.3 Å². The molecular weight excluding hydrogens is 172 g/mol. The van der Waals surface area contributed by atoms with Crippen LogP contribution in [0.1, 0.15) is 33.1 Å². The molecule has 0 aromatic rings. The van der Waals surface area contributed by atoms with Gasteiger partial charge in [0.1, 0.15) is 6.10 Å². The molecule has 0 aromatic carbocycles. The van der Waals surface area contributed by atoms with Gasteiger partial charge in [-0.25, -0.2) is 0 Å². The average molecular weight is 186 g/mol. The van der Waals surface area contributed by atoms with E-state index < -0.39 is 0 Å². The number of carbonyl (C=O) groups is 1. The summed E-state index contributed by atoms with van der Waals surface area (Å²) in [6.45, 7) is 3.97. The van der Waals surface area contributed by atoms with Crippen molar-refractivity contribution in [1.29, 1.82) is 0 Å². The van der Waals surface area contributed by atoms with Crippen LogP contribution >= 0.6 is 12.2 Å². The van der Waals surface area contributed by atoms with Crippen LogP contribution in [-0.2, 0) is 9.53 Å². The minimum atomic E-state index is -0.124. The molecule has 2 nitrogen and oxygen atoms in total. The van der Waals surface area contributed by atoms with Crippen molar-refractivity contribution in [2.45, 2.75) is 39.2 Å². The van der Waals surface area contributed by atoms with Crippen molar-refractivity contribution in [2.75, 3.05) is 0 Å². The van der Waals surface area contributed by atoms with Crippen LogP contribution in [-0.4, -0.2) is 16.9 Å². The van der Waals surface area contributed by atoms with Gasteiger partial charge in [0.05, 0.1) is 5.92 Å². The Morgan fingerprint density at radius 2 is 2.42 bits per heavy atom. The van der Waals surface area contributed by atoms with Gasteiger partial charge in [-0.1, -0.05) is 25.6 Å². The Labute approximate surface area is 78.3 Å². The maximum atomic E-state index is 11.2. The van der Waals surface area contributed by atoms with Crippen molar-refractivity contribution in [3.05, 3.63) is 0 Å². The lowest BCUT2D eigenvalue weighted by molar-refractivity contribution is -0.142. The Morgan fingerprint density at radius 1 is 1.75 bits per heavy atom. The highest BCUT2D eigenvalue weighted by Gasteiger charge is 2.34. The predicted molar refractivity (Wildman–Crippen MR) is 51.2 cm³/mol. The summed E-state index contributed by atoms with van der Waals surface area (Å²) < 4.78 is 5.01. The third kappa shape index (κ3) is 2.03. The summed E-state index contributed by atoms with van der Waals surface area (Å²) >= 11 is 5.14. The van der Waals surface area contributed by atoms with E-state index in [1.165, 1.54) is 0 Å². The van der Waals surface area contributed by atoms with E-state index in [0.29, 0.717) is 0 Å². The van der Waals surface area contributed by atoms with E-state index in [1.54, 1.807) is 0 Å². The molecule has 1 rings (SSSR count). The van der Waals surface area contributed by atoms with Crippen molar-refractivity contribution in [3.8, 4) is 0 Å². The maximum absolute atomic E-state index is 11.2. The number of esters is 1. The maximum Gasteiger partial charge on any atom is 0.314 e. The minimum absolute atomic E-state index is 0.0531. The summed E-state index contributed by atoms with van der Waals surface area (Å²) in [7, 11) is 0. The molecule has 0 amide bonds. The average Bonchev–Trinajstić information content (AvgIpc) is 2.30. The Bertz CT molecular complexity index is 201. The summed E-state index contributed by atoms with van der Waals surface area (Å²) in [5, 5.41) is 0. The van der Waals surface area contributed by atoms with Gasteiger partial charge in [0, 0.05) is 11.3 Å². The van der Waals surface area contributed by atoms with Gasteiger partial charge < -0.3 is 4.74 Å². The fraction of sp³-hybridized carbons (Fsp3) is 0.778. The van der Waals surface area contributed by atoms with Crippen molar-refractivity contribution in [3.63, 3.8) is 0 Å². The highest BCUT2D eigenvalue weighted by atomic mass is 32.1. The second kappa shape index (κ2) is 3.99. The molecule has 12 heavy (non-hydrogen) atoms. The molecule has 3 heteroatoms. The van der Waals surface area contributed by atoms with Crippen LogP contribution in [0.25, 0.3) is 0 Å². The van der Waals surface area contributed by atoms with Crippen LogP contribution in [0.15, 0.2) is 0 Å². The number of thiocarbonyl (C=S) groups is 1. The third-order valence-corrected chi connectivity index (χ3v) is 2.54. The summed E-state index contributed by atoms with van der Waals surface area (Å²) in [4.78, 5) is 12.1. The van der Waals surface area contributed by atoms with E-state index in [1.807, 2.05) is 6.92 Å². The lowest BCUT2D eigenvalue weighted by Gasteiger charge is -2.04. The topological polar surface area (TPSA) is 26.3 Å². The first-order chi connectivity index (χ1) is 5.65. The molecule has 68 valence electrons. The molecule has 1 aliphatic rings. The summed E-state index contributed by atoms with van der Waals surface area (Å²) in [5.41, 5.74) is 0. The van der Waals surface area contributed by atoms with E-state index >= 15 is 0 Å². The molecule has 0 aliphatic carbocycles. The van der Waals surface area contributed by atoms with Crippen LogP contribution < -0.4 is 0 Å². The first kappa shape index (κ1) is 9.65. The first-order valence-corrected chi connectivity index (χ1v) is 4.79. The van der Waals surface area contributed by atoms with Gasteiger partial charge in [-0.3, -0.25) is 4.79 Å². The largest absolute Gasteiger partial charge is 0.462 e. The van der Waals surface area contributed by atoms with Crippen molar-refractivity contribution in [2.24, 2.45) is 5.92 Å². The standard InChI is InChI=1S/C9H14O2S/c1-3-4-8(12)7-5-6(2)11-9(7)10/h6-7H,3-5H2,1-2H3. The van der Waals surface area contributed by atoms with Gasteiger partial charge in [-0.15, -0.1) is 0 Å². The summed E-state index contributed by atoms with van der Waals surface area (Å²) in [5.74, 6) is -0.226. The fourth-order valence-electron chi connectivity index (χ4n) is 1.44. The van der Waals surface area contributed by atoms with E-state index in [0.717, 1.165) is 24.1 Å². The monoisotopic (exact) mass is 186 g/mol. The normalized spacial score (nSPS) is 28.7. The SMILES string of the molecule is CCCC(=S)C1CC(C)OC1=O. The van der Waals surface area contributed by atoms with Crippen LogP contribution in [0, 0.1) is 5.92 Å². The molecule has 0 bridgehead atoms. The van der Waals surface area contributed by atoms with Gasteiger partial charge >= 0.3 is 5.97 Å². The van der Waals surface area contributed by atoms with Crippen molar-refractivity contribution in [1.82, 2.24) is 0 Å². The highest BCUT2D eigenvalue weighted by Crippen LogP contribution is 2.23. The molecule has 0 radical (unpaired) electrons. The van der Waals surface area contributed by atoms with E-state index in [4.69, 9.17) is 17.0 Å². The number of hydrogen-bond donors (Lipinski definition) is 0. The lowest BCUT2D eigenvalue weighted by atomic mass is 9.99. The predicted octanol–water partition coefficient (Wildman–Crippen LogP) is 2.11. The smallest absolute Gasteiger partial charge is 0.314 e. The van der Waals surface area contributed by atoms with E-state index in [9.17, 15) is 4.79 Å². The zero-order valence-corrected chi connectivity index (χ0v) is 8.32. The lowest BCUT2D eigenvalue weighted by Crippen LogP contribution is -2.16. The highest BCUT2D eigenvalue weighted by molar-refractivity contribution is 7.80. The number of carbonyl (C=O) groups excluding carboxylic acids is 1. The molecule has 0 saturated carbocycles. The molecule has 1 fully saturated rings. The van der Waals surface area contributed by atoms with Crippen molar-refractivity contribution < 1.29 is 9.53 Å². The Kier molecular flexibility index (Phi) is 3.20. The molecule has 0 N–H and O–H groups in total. The fourth-order valence-corrected chi connectivity index (χ4v) is 1.84. The molecular formula is C9H14O2S. The van der Waals surface area contributed by atoms with Gasteiger partial charge in [-0.2, -0.15) is 0 Å². The third-order valence-electron chi connectivity index (χ3n) is 2.05. The Morgan fingerprint density at radius 3 is 2.83 bits per heavy atom. The molecule has 2 unspecified atom stereocenters. The minimum Gasteiger partial charge on any atom is -0.462 e. The number of cyclic esters (lactones) is 1. The first-order valence-electron chi connectivity index (χ1n) is 4.38. The van der Waals surface area contributed by atoms with Crippen LogP contribution in [0.3, 0.4) is 0 Å². The molecule has 0 aromatic heterocycles. The molecule has 0 spiro atoms. The van der Waals surface area contributed by atoms with Gasteiger partial charge in [0.25, 0.3) is 0 Å². The number of rotatable bonds is 3. The number of hydrogen-bond acceptors (Lipinski definition) is 3. The zero-order valence-electron chi connectivity index (χ0n) is 7.50. The molecule has 1 saturated heterocycles. The van der Waals surface area contributed by atoms with Gasteiger partial charge in [0.2, 0.25) is 0 Å².